The Bertz CT molecular complexity index is 189. The van der Waals surface area contributed by atoms with E-state index in [0.717, 1.165) is 0 Å². The molecule has 0 aromatic carbocycles. The molecule has 0 bridgehead atoms. The summed E-state index contributed by atoms with van der Waals surface area (Å²) in [7, 11) is 1.50. The minimum atomic E-state index is -1.06. The van der Waals surface area contributed by atoms with E-state index in [0.29, 0.717) is 0 Å². The Morgan fingerprint density at radius 1 is 1.42 bits per heavy atom. The van der Waals surface area contributed by atoms with Gasteiger partial charge in [0.1, 0.15) is 5.54 Å². The number of amides is 1. The third-order valence-electron chi connectivity index (χ3n) is 1.50. The molecule has 0 aliphatic carbocycles. The maximum Gasteiger partial charge on any atom is 0.323 e. The van der Waals surface area contributed by atoms with Crippen LogP contribution in [-0.4, -0.2) is 36.1 Å². The van der Waals surface area contributed by atoms with Gasteiger partial charge in [-0.1, -0.05) is 0 Å². The zero-order valence-corrected chi connectivity index (χ0v) is 7.47. The lowest BCUT2D eigenvalue weighted by Gasteiger charge is -2.20. The highest BCUT2D eigenvalue weighted by molar-refractivity contribution is 5.81. The van der Waals surface area contributed by atoms with Crippen molar-refractivity contribution in [3.63, 3.8) is 0 Å². The summed E-state index contributed by atoms with van der Waals surface area (Å²) < 4.78 is 0. The van der Waals surface area contributed by atoms with Crippen molar-refractivity contribution in [2.45, 2.75) is 19.4 Å². The van der Waals surface area contributed by atoms with Crippen LogP contribution in [0.3, 0.4) is 0 Å². The second kappa shape index (κ2) is 4.06. The van der Waals surface area contributed by atoms with Crippen LogP contribution < -0.4 is 10.6 Å². The minimum absolute atomic E-state index is 0.00972. The number of carboxylic acid groups (broad SMARTS) is 1. The fourth-order valence-electron chi connectivity index (χ4n) is 0.465. The number of likely N-dealkylation sites (N-methyl/N-ethyl adjacent to an activating group) is 1. The second-order valence-corrected chi connectivity index (χ2v) is 2.96. The van der Waals surface area contributed by atoms with Crippen molar-refractivity contribution >= 4 is 11.9 Å². The molecule has 0 aliphatic heterocycles. The molecule has 0 fully saturated rings. The number of carboxylic acids is 1. The first-order valence-corrected chi connectivity index (χ1v) is 3.59. The molecular weight excluding hydrogens is 160 g/mol. The molecule has 3 N–H and O–H groups in total. The second-order valence-electron chi connectivity index (χ2n) is 2.96. The van der Waals surface area contributed by atoms with Gasteiger partial charge in [-0.3, -0.25) is 14.9 Å². The molecular formula is C7H14N2O3. The molecule has 0 heterocycles. The average molecular weight is 174 g/mol. The summed E-state index contributed by atoms with van der Waals surface area (Å²) in [6, 6.07) is 0. The van der Waals surface area contributed by atoms with E-state index in [2.05, 4.69) is 10.6 Å². The highest BCUT2D eigenvalue weighted by Crippen LogP contribution is 1.99. The van der Waals surface area contributed by atoms with Crippen LogP contribution in [0.15, 0.2) is 0 Å². The summed E-state index contributed by atoms with van der Waals surface area (Å²) in [5, 5.41) is 13.6. The molecule has 0 unspecified atom stereocenters. The van der Waals surface area contributed by atoms with Crippen molar-refractivity contribution in [3.05, 3.63) is 0 Å². The summed E-state index contributed by atoms with van der Waals surface area (Å²) in [5.41, 5.74) is -1.06. The first kappa shape index (κ1) is 10.9. The lowest BCUT2D eigenvalue weighted by Crippen LogP contribution is -2.50. The molecule has 5 heteroatoms. The van der Waals surface area contributed by atoms with Crippen LogP contribution in [-0.2, 0) is 9.59 Å². The lowest BCUT2D eigenvalue weighted by atomic mass is 10.1. The third-order valence-corrected chi connectivity index (χ3v) is 1.50. The van der Waals surface area contributed by atoms with E-state index in [1.165, 1.54) is 20.9 Å². The number of hydrogen-bond donors (Lipinski definition) is 3. The van der Waals surface area contributed by atoms with Gasteiger partial charge in [0, 0.05) is 7.05 Å². The first-order chi connectivity index (χ1) is 5.40. The number of aliphatic carboxylic acids is 1. The smallest absolute Gasteiger partial charge is 0.323 e. The molecule has 1 amide bonds. The van der Waals surface area contributed by atoms with Gasteiger partial charge in [-0.2, -0.15) is 0 Å². The standard InChI is InChI=1S/C7H14N2O3/c1-7(2,6(11)12)9-4-5(10)8-3/h9H,4H2,1-3H3,(H,8,10)(H,11,12). The number of nitrogens with one attached hydrogen (secondary N) is 2. The maximum absolute atomic E-state index is 10.7. The van der Waals surface area contributed by atoms with Gasteiger partial charge in [-0.05, 0) is 13.8 Å². The number of carbonyl (C=O) groups excluding carboxylic acids is 1. The Hall–Kier alpha value is -1.10. The van der Waals surface area contributed by atoms with Gasteiger partial charge in [0.15, 0.2) is 0 Å². The number of hydrogen-bond acceptors (Lipinski definition) is 3. The molecule has 12 heavy (non-hydrogen) atoms. The van der Waals surface area contributed by atoms with E-state index < -0.39 is 11.5 Å². The molecule has 0 saturated heterocycles. The summed E-state index contributed by atoms with van der Waals surface area (Å²) in [6.07, 6.45) is 0. The van der Waals surface area contributed by atoms with Gasteiger partial charge in [0.05, 0.1) is 6.54 Å². The Kier molecular flexibility index (Phi) is 3.69. The Balaban J connectivity index is 3.92. The summed E-state index contributed by atoms with van der Waals surface area (Å²) in [6.45, 7) is 3.01. The van der Waals surface area contributed by atoms with Gasteiger partial charge in [-0.25, -0.2) is 0 Å². The minimum Gasteiger partial charge on any atom is -0.480 e. The van der Waals surface area contributed by atoms with Crippen molar-refractivity contribution in [2.24, 2.45) is 0 Å². The topological polar surface area (TPSA) is 78.4 Å². The van der Waals surface area contributed by atoms with Crippen LogP contribution in [0.1, 0.15) is 13.8 Å². The fraction of sp³-hybridized carbons (Fsp3) is 0.714. The van der Waals surface area contributed by atoms with Gasteiger partial charge >= 0.3 is 5.97 Å². The fourth-order valence-corrected chi connectivity index (χ4v) is 0.465. The van der Waals surface area contributed by atoms with Crippen LogP contribution in [0, 0.1) is 0 Å². The molecule has 0 aliphatic rings. The molecule has 0 aromatic heterocycles. The van der Waals surface area contributed by atoms with E-state index in [-0.39, 0.29) is 12.5 Å². The van der Waals surface area contributed by atoms with Crippen LogP contribution in [0.4, 0.5) is 0 Å². The van der Waals surface area contributed by atoms with Crippen molar-refractivity contribution in [2.75, 3.05) is 13.6 Å². The van der Waals surface area contributed by atoms with Gasteiger partial charge in [0.2, 0.25) is 5.91 Å². The number of rotatable bonds is 4. The SMILES string of the molecule is CNC(=O)CNC(C)(C)C(=O)O. The Labute approximate surface area is 71.1 Å². The lowest BCUT2D eigenvalue weighted by molar-refractivity contribution is -0.143. The average Bonchev–Trinajstić information content (AvgIpc) is 2.00. The number of carbonyl (C=O) groups is 2. The Morgan fingerprint density at radius 3 is 2.25 bits per heavy atom. The third kappa shape index (κ3) is 3.34. The van der Waals surface area contributed by atoms with Crippen LogP contribution in [0.2, 0.25) is 0 Å². The predicted molar refractivity (Wildman–Crippen MR) is 43.8 cm³/mol. The predicted octanol–water partition coefficient (Wildman–Crippen LogP) is -0.815. The first-order valence-electron chi connectivity index (χ1n) is 3.59. The van der Waals surface area contributed by atoms with Crippen LogP contribution in [0.25, 0.3) is 0 Å². The van der Waals surface area contributed by atoms with Crippen LogP contribution in [0.5, 0.6) is 0 Å². The zero-order chi connectivity index (χ0) is 9.78. The van der Waals surface area contributed by atoms with E-state index >= 15 is 0 Å². The molecule has 0 aromatic rings. The molecule has 5 nitrogen and oxygen atoms in total. The molecule has 0 spiro atoms. The van der Waals surface area contributed by atoms with Gasteiger partial charge < -0.3 is 10.4 Å². The summed E-state index contributed by atoms with van der Waals surface area (Å²) in [5.74, 6) is -1.21. The van der Waals surface area contributed by atoms with Gasteiger partial charge in [-0.15, -0.1) is 0 Å². The maximum atomic E-state index is 10.7. The van der Waals surface area contributed by atoms with E-state index in [4.69, 9.17) is 5.11 Å². The Morgan fingerprint density at radius 2 is 1.92 bits per heavy atom. The van der Waals surface area contributed by atoms with E-state index in [1.807, 2.05) is 0 Å². The highest BCUT2D eigenvalue weighted by atomic mass is 16.4. The normalized spacial score (nSPS) is 10.9. The van der Waals surface area contributed by atoms with Crippen molar-refractivity contribution in [1.82, 2.24) is 10.6 Å². The van der Waals surface area contributed by atoms with Crippen molar-refractivity contribution < 1.29 is 14.7 Å². The molecule has 0 rings (SSSR count). The zero-order valence-electron chi connectivity index (χ0n) is 7.47. The molecule has 0 saturated carbocycles. The van der Waals surface area contributed by atoms with Crippen molar-refractivity contribution in [3.8, 4) is 0 Å². The molecule has 70 valence electrons. The van der Waals surface area contributed by atoms with E-state index in [9.17, 15) is 9.59 Å². The highest BCUT2D eigenvalue weighted by Gasteiger charge is 2.26. The molecule has 0 atom stereocenters. The van der Waals surface area contributed by atoms with Gasteiger partial charge in [0.25, 0.3) is 0 Å². The largest absolute Gasteiger partial charge is 0.480 e. The monoisotopic (exact) mass is 174 g/mol. The van der Waals surface area contributed by atoms with Crippen LogP contribution >= 0.6 is 0 Å². The van der Waals surface area contributed by atoms with E-state index in [1.54, 1.807) is 0 Å². The summed E-state index contributed by atoms with van der Waals surface area (Å²) in [4.78, 5) is 21.2. The van der Waals surface area contributed by atoms with Crippen molar-refractivity contribution in [1.29, 1.82) is 0 Å². The molecule has 0 radical (unpaired) electrons. The quantitative estimate of drug-likeness (QED) is 0.520. The summed E-state index contributed by atoms with van der Waals surface area (Å²) >= 11 is 0.